The molecule has 6 heteroatoms. The number of nitrogens with zero attached hydrogens (tertiary/aromatic N) is 1. The largest absolute Gasteiger partial charge is 0.481 e. The minimum absolute atomic E-state index is 0.0596. The number of aryl methyl sites for hydroxylation is 2. The smallest absolute Gasteiger partial charge is 0.303 e. The lowest BCUT2D eigenvalue weighted by molar-refractivity contribution is -0.138. The van der Waals surface area contributed by atoms with E-state index < -0.39 is 5.97 Å². The van der Waals surface area contributed by atoms with E-state index in [1.54, 1.807) is 6.92 Å². The van der Waals surface area contributed by atoms with Gasteiger partial charge in [0.1, 0.15) is 0 Å². The van der Waals surface area contributed by atoms with Gasteiger partial charge in [0.2, 0.25) is 5.91 Å². The number of aliphatic carboxylic acids is 1. The van der Waals surface area contributed by atoms with E-state index in [9.17, 15) is 9.59 Å². The predicted molar refractivity (Wildman–Crippen MR) is 66.2 cm³/mol. The average Bonchev–Trinajstić information content (AvgIpc) is 2.57. The van der Waals surface area contributed by atoms with E-state index in [0.717, 1.165) is 17.0 Å². The summed E-state index contributed by atoms with van der Waals surface area (Å²) in [7, 11) is 0. The number of rotatable bonds is 6. The van der Waals surface area contributed by atoms with E-state index in [-0.39, 0.29) is 24.7 Å². The molecule has 1 amide bonds. The van der Waals surface area contributed by atoms with E-state index in [1.807, 2.05) is 13.8 Å². The number of carbonyl (C=O) groups is 2. The third kappa shape index (κ3) is 4.20. The lowest BCUT2D eigenvalue weighted by atomic mass is 10.1. The van der Waals surface area contributed by atoms with Gasteiger partial charge in [-0.1, -0.05) is 6.92 Å². The van der Waals surface area contributed by atoms with E-state index in [0.29, 0.717) is 6.54 Å². The SMILES string of the molecule is Cc1n[nH]c(C)c1CC(=O)NCC(C)CC(=O)O. The van der Waals surface area contributed by atoms with Crippen LogP contribution in [0.15, 0.2) is 0 Å². The zero-order chi connectivity index (χ0) is 13.7. The van der Waals surface area contributed by atoms with Crippen LogP contribution in [0.1, 0.15) is 30.3 Å². The fraction of sp³-hybridized carbons (Fsp3) is 0.583. The molecule has 3 N–H and O–H groups in total. The van der Waals surface area contributed by atoms with Crippen molar-refractivity contribution in [1.82, 2.24) is 15.5 Å². The molecule has 1 aromatic rings. The molecule has 1 aromatic heterocycles. The zero-order valence-electron chi connectivity index (χ0n) is 10.9. The van der Waals surface area contributed by atoms with Crippen molar-refractivity contribution >= 4 is 11.9 Å². The number of aromatic nitrogens is 2. The molecule has 0 aliphatic heterocycles. The molecule has 0 aliphatic rings. The van der Waals surface area contributed by atoms with Crippen LogP contribution in [-0.4, -0.2) is 33.7 Å². The number of hydrogen-bond donors (Lipinski definition) is 3. The summed E-state index contributed by atoms with van der Waals surface area (Å²) in [6.45, 7) is 5.89. The van der Waals surface area contributed by atoms with Crippen molar-refractivity contribution in [3.05, 3.63) is 17.0 Å². The van der Waals surface area contributed by atoms with Crippen LogP contribution in [0.2, 0.25) is 0 Å². The van der Waals surface area contributed by atoms with Gasteiger partial charge in [-0.2, -0.15) is 5.10 Å². The first-order chi connectivity index (χ1) is 8.40. The van der Waals surface area contributed by atoms with Gasteiger partial charge in [-0.15, -0.1) is 0 Å². The molecule has 1 atom stereocenters. The number of aromatic amines is 1. The lowest BCUT2D eigenvalue weighted by Crippen LogP contribution is -2.30. The molecule has 6 nitrogen and oxygen atoms in total. The maximum absolute atomic E-state index is 11.7. The highest BCUT2D eigenvalue weighted by molar-refractivity contribution is 5.79. The summed E-state index contributed by atoms with van der Waals surface area (Å²) in [5.41, 5.74) is 2.61. The van der Waals surface area contributed by atoms with Crippen LogP contribution in [0.4, 0.5) is 0 Å². The molecule has 0 radical (unpaired) electrons. The van der Waals surface area contributed by atoms with Crippen LogP contribution in [0.3, 0.4) is 0 Å². The van der Waals surface area contributed by atoms with Crippen molar-refractivity contribution in [1.29, 1.82) is 0 Å². The molecule has 100 valence electrons. The summed E-state index contributed by atoms with van der Waals surface area (Å²) in [5.74, 6) is -1.03. The van der Waals surface area contributed by atoms with Gasteiger partial charge in [0.25, 0.3) is 0 Å². The number of H-pyrrole nitrogens is 1. The van der Waals surface area contributed by atoms with Crippen molar-refractivity contribution in [3.63, 3.8) is 0 Å². The average molecular weight is 253 g/mol. The van der Waals surface area contributed by atoms with Gasteiger partial charge in [-0.05, 0) is 19.8 Å². The highest BCUT2D eigenvalue weighted by Gasteiger charge is 2.13. The second-order valence-corrected chi connectivity index (χ2v) is 4.60. The normalized spacial score (nSPS) is 12.2. The van der Waals surface area contributed by atoms with Crippen LogP contribution < -0.4 is 5.32 Å². The quantitative estimate of drug-likeness (QED) is 0.698. The first-order valence-electron chi connectivity index (χ1n) is 5.89. The van der Waals surface area contributed by atoms with Gasteiger partial charge in [0.05, 0.1) is 12.1 Å². The molecular weight excluding hydrogens is 234 g/mol. The minimum atomic E-state index is -0.849. The molecule has 0 fully saturated rings. The highest BCUT2D eigenvalue weighted by atomic mass is 16.4. The fourth-order valence-electron chi connectivity index (χ4n) is 1.72. The van der Waals surface area contributed by atoms with E-state index in [1.165, 1.54) is 0 Å². The summed E-state index contributed by atoms with van der Waals surface area (Å²) in [6, 6.07) is 0. The molecule has 1 rings (SSSR count). The number of carboxylic acids is 1. The Balaban J connectivity index is 2.41. The Morgan fingerprint density at radius 2 is 2.11 bits per heavy atom. The first kappa shape index (κ1) is 14.2. The third-order valence-electron chi connectivity index (χ3n) is 2.79. The predicted octanol–water partition coefficient (Wildman–Crippen LogP) is 0.796. The molecule has 0 aromatic carbocycles. The van der Waals surface area contributed by atoms with Crippen LogP contribution in [0, 0.1) is 19.8 Å². The van der Waals surface area contributed by atoms with Crippen LogP contribution in [0.25, 0.3) is 0 Å². The maximum atomic E-state index is 11.7. The van der Waals surface area contributed by atoms with Crippen molar-refractivity contribution in [2.24, 2.45) is 5.92 Å². The second kappa shape index (κ2) is 6.18. The standard InChI is InChI=1S/C12H19N3O3/c1-7(4-12(17)18)6-13-11(16)5-10-8(2)14-15-9(10)3/h7H,4-6H2,1-3H3,(H,13,16)(H,14,15)(H,17,18). The number of amides is 1. The molecule has 0 saturated carbocycles. The van der Waals surface area contributed by atoms with Gasteiger partial charge in [-0.25, -0.2) is 0 Å². The zero-order valence-corrected chi connectivity index (χ0v) is 10.9. The summed E-state index contributed by atoms with van der Waals surface area (Å²) in [6.07, 6.45) is 0.331. The monoisotopic (exact) mass is 253 g/mol. The van der Waals surface area contributed by atoms with Crippen LogP contribution in [0.5, 0.6) is 0 Å². The minimum Gasteiger partial charge on any atom is -0.481 e. The van der Waals surface area contributed by atoms with Gasteiger partial charge in [-0.3, -0.25) is 14.7 Å². The van der Waals surface area contributed by atoms with Crippen molar-refractivity contribution in [2.75, 3.05) is 6.54 Å². The number of nitrogens with one attached hydrogen (secondary N) is 2. The number of carbonyl (C=O) groups excluding carboxylic acids is 1. The summed E-state index contributed by atoms with van der Waals surface area (Å²) >= 11 is 0. The van der Waals surface area contributed by atoms with Crippen molar-refractivity contribution < 1.29 is 14.7 Å². The number of carboxylic acid groups (broad SMARTS) is 1. The number of hydrogen-bond acceptors (Lipinski definition) is 3. The second-order valence-electron chi connectivity index (χ2n) is 4.60. The Kier molecular flexibility index (Phi) is 4.88. The Labute approximate surface area is 106 Å². The van der Waals surface area contributed by atoms with Gasteiger partial charge in [0, 0.05) is 24.2 Å². The van der Waals surface area contributed by atoms with E-state index in [2.05, 4.69) is 15.5 Å². The van der Waals surface area contributed by atoms with Gasteiger partial charge in [0.15, 0.2) is 0 Å². The van der Waals surface area contributed by atoms with Gasteiger partial charge < -0.3 is 10.4 Å². The Morgan fingerprint density at radius 1 is 1.44 bits per heavy atom. The molecule has 0 bridgehead atoms. The molecule has 0 saturated heterocycles. The molecular formula is C12H19N3O3. The summed E-state index contributed by atoms with van der Waals surface area (Å²) < 4.78 is 0. The Morgan fingerprint density at radius 3 is 2.61 bits per heavy atom. The summed E-state index contributed by atoms with van der Waals surface area (Å²) in [4.78, 5) is 22.2. The molecule has 0 aliphatic carbocycles. The van der Waals surface area contributed by atoms with Crippen molar-refractivity contribution in [2.45, 2.75) is 33.6 Å². The first-order valence-corrected chi connectivity index (χ1v) is 5.89. The topological polar surface area (TPSA) is 95.1 Å². The fourth-order valence-corrected chi connectivity index (χ4v) is 1.72. The summed E-state index contributed by atoms with van der Waals surface area (Å²) in [5, 5.41) is 18.2. The molecule has 1 heterocycles. The Hall–Kier alpha value is -1.85. The third-order valence-corrected chi connectivity index (χ3v) is 2.79. The molecule has 1 unspecified atom stereocenters. The molecule has 0 spiro atoms. The lowest BCUT2D eigenvalue weighted by Gasteiger charge is -2.10. The van der Waals surface area contributed by atoms with Gasteiger partial charge >= 0.3 is 5.97 Å². The van der Waals surface area contributed by atoms with E-state index >= 15 is 0 Å². The highest BCUT2D eigenvalue weighted by Crippen LogP contribution is 2.09. The van der Waals surface area contributed by atoms with Crippen LogP contribution >= 0.6 is 0 Å². The maximum Gasteiger partial charge on any atom is 0.303 e. The Bertz CT molecular complexity index is 420. The van der Waals surface area contributed by atoms with E-state index in [4.69, 9.17) is 5.11 Å². The molecule has 18 heavy (non-hydrogen) atoms. The van der Waals surface area contributed by atoms with Crippen molar-refractivity contribution in [3.8, 4) is 0 Å². The van der Waals surface area contributed by atoms with Crippen LogP contribution in [-0.2, 0) is 16.0 Å².